The quantitative estimate of drug-likeness (QED) is 0.194. The summed E-state index contributed by atoms with van der Waals surface area (Å²) in [5.74, 6) is 1.07. The lowest BCUT2D eigenvalue weighted by Gasteiger charge is -2.13. The molecule has 0 radical (unpaired) electrons. The molecule has 2 heterocycles. The van der Waals surface area contributed by atoms with E-state index in [1.807, 2.05) is 60.7 Å². The average Bonchev–Trinajstić information content (AvgIpc) is 3.37. The van der Waals surface area contributed by atoms with Crippen molar-refractivity contribution in [1.82, 2.24) is 14.5 Å². The van der Waals surface area contributed by atoms with Gasteiger partial charge in [0, 0.05) is 5.56 Å². The van der Waals surface area contributed by atoms with E-state index in [9.17, 15) is 9.59 Å². The lowest BCUT2D eigenvalue weighted by molar-refractivity contribution is 0.0601. The molecule has 5 aromatic rings. The van der Waals surface area contributed by atoms with Gasteiger partial charge in [0.25, 0.3) is 5.56 Å². The SMILES string of the molecule is COC(=O)c1ccc2c(=O)n(-c3ccccc3)c(SCc3ncc(-c4ccccc4)o3)nc2c1. The molecule has 3 aromatic carbocycles. The average molecular weight is 470 g/mol. The second kappa shape index (κ2) is 9.36. The van der Waals surface area contributed by atoms with Gasteiger partial charge in [0.05, 0.1) is 41.2 Å². The molecule has 8 heteroatoms. The van der Waals surface area contributed by atoms with Crippen LogP contribution in [0, 0.1) is 0 Å². The number of carbonyl (C=O) groups excluding carboxylic acids is 1. The van der Waals surface area contributed by atoms with Crippen LogP contribution in [0.4, 0.5) is 0 Å². The first-order valence-electron chi connectivity index (χ1n) is 10.5. The van der Waals surface area contributed by atoms with Crippen LogP contribution in [0.5, 0.6) is 0 Å². The fourth-order valence-electron chi connectivity index (χ4n) is 3.55. The number of oxazole rings is 1. The summed E-state index contributed by atoms with van der Waals surface area (Å²) in [7, 11) is 1.31. The Morgan fingerprint density at radius 1 is 1.03 bits per heavy atom. The summed E-state index contributed by atoms with van der Waals surface area (Å²) in [5, 5.41) is 0.869. The Bertz CT molecular complexity index is 1530. The summed E-state index contributed by atoms with van der Waals surface area (Å²) >= 11 is 1.33. The van der Waals surface area contributed by atoms with Gasteiger partial charge in [-0.25, -0.2) is 14.8 Å². The number of para-hydroxylation sites is 1. The number of ether oxygens (including phenoxy) is 1. The van der Waals surface area contributed by atoms with E-state index in [-0.39, 0.29) is 5.56 Å². The number of methoxy groups -OCH3 is 1. The topological polar surface area (TPSA) is 87.2 Å². The summed E-state index contributed by atoms with van der Waals surface area (Å²) < 4.78 is 12.3. The first-order chi connectivity index (χ1) is 16.6. The molecule has 0 unspecified atom stereocenters. The highest BCUT2D eigenvalue weighted by Gasteiger charge is 2.17. The van der Waals surface area contributed by atoms with Gasteiger partial charge in [0.1, 0.15) is 0 Å². The lowest BCUT2D eigenvalue weighted by atomic mass is 10.1. The summed E-state index contributed by atoms with van der Waals surface area (Å²) in [6.07, 6.45) is 1.69. The first kappa shape index (κ1) is 21.7. The molecular formula is C26H19N3O4S. The fourth-order valence-corrected chi connectivity index (χ4v) is 4.42. The number of fused-ring (bicyclic) bond motifs is 1. The first-order valence-corrected chi connectivity index (χ1v) is 11.5. The van der Waals surface area contributed by atoms with Crippen molar-refractivity contribution in [2.24, 2.45) is 0 Å². The summed E-state index contributed by atoms with van der Waals surface area (Å²) in [5.41, 5.74) is 2.15. The zero-order valence-corrected chi connectivity index (χ0v) is 19.0. The van der Waals surface area contributed by atoms with Crippen LogP contribution in [0.1, 0.15) is 16.2 Å². The van der Waals surface area contributed by atoms with E-state index in [2.05, 4.69) is 4.98 Å². The molecule has 0 saturated heterocycles. The van der Waals surface area contributed by atoms with Crippen molar-refractivity contribution in [3.05, 3.63) is 107 Å². The van der Waals surface area contributed by atoms with Crippen LogP contribution in [-0.4, -0.2) is 27.6 Å². The number of esters is 1. The van der Waals surface area contributed by atoms with E-state index in [1.54, 1.807) is 29.0 Å². The van der Waals surface area contributed by atoms with Crippen molar-refractivity contribution in [3.63, 3.8) is 0 Å². The Hall–Kier alpha value is -4.17. The molecule has 0 N–H and O–H groups in total. The summed E-state index contributed by atoms with van der Waals surface area (Å²) in [6.45, 7) is 0. The second-order valence-corrected chi connectivity index (χ2v) is 8.31. The molecule has 0 spiro atoms. The van der Waals surface area contributed by atoms with Gasteiger partial charge < -0.3 is 9.15 Å². The van der Waals surface area contributed by atoms with E-state index in [4.69, 9.17) is 14.1 Å². The minimum absolute atomic E-state index is 0.229. The predicted octanol–water partition coefficient (Wildman–Crippen LogP) is 5.12. The van der Waals surface area contributed by atoms with Crippen molar-refractivity contribution in [2.45, 2.75) is 10.9 Å². The van der Waals surface area contributed by atoms with Gasteiger partial charge in [-0.2, -0.15) is 0 Å². The van der Waals surface area contributed by atoms with Crippen molar-refractivity contribution < 1.29 is 13.9 Å². The molecule has 0 saturated carbocycles. The smallest absolute Gasteiger partial charge is 0.337 e. The van der Waals surface area contributed by atoms with Crippen molar-refractivity contribution in [1.29, 1.82) is 0 Å². The largest absolute Gasteiger partial charge is 0.465 e. The van der Waals surface area contributed by atoms with Crippen molar-refractivity contribution >= 4 is 28.6 Å². The van der Waals surface area contributed by atoms with Crippen LogP contribution in [0.15, 0.2) is 99.4 Å². The third-order valence-electron chi connectivity index (χ3n) is 5.21. The fraction of sp³-hybridized carbons (Fsp3) is 0.0769. The van der Waals surface area contributed by atoms with Crippen molar-refractivity contribution in [2.75, 3.05) is 7.11 Å². The van der Waals surface area contributed by atoms with Crippen molar-refractivity contribution in [3.8, 4) is 17.0 Å². The third-order valence-corrected chi connectivity index (χ3v) is 6.13. The molecule has 168 valence electrons. The van der Waals surface area contributed by atoms with Gasteiger partial charge in [-0.1, -0.05) is 60.3 Å². The Labute approximate surface area is 199 Å². The van der Waals surface area contributed by atoms with E-state index >= 15 is 0 Å². The number of rotatable bonds is 6. The Balaban J connectivity index is 1.55. The highest BCUT2D eigenvalue weighted by molar-refractivity contribution is 7.98. The highest BCUT2D eigenvalue weighted by Crippen LogP contribution is 2.27. The Morgan fingerprint density at radius 2 is 1.76 bits per heavy atom. The number of hydrogen-bond donors (Lipinski definition) is 0. The van der Waals surface area contributed by atoms with E-state index in [0.717, 1.165) is 5.56 Å². The third kappa shape index (κ3) is 4.23. The van der Waals surface area contributed by atoms with Crippen LogP contribution < -0.4 is 5.56 Å². The maximum atomic E-state index is 13.5. The van der Waals surface area contributed by atoms with Gasteiger partial charge in [-0.15, -0.1) is 0 Å². The number of thioether (sulfide) groups is 1. The number of nitrogens with zero attached hydrogens (tertiary/aromatic N) is 3. The standard InChI is InChI=1S/C26H19N3O4S/c1-32-25(31)18-12-13-20-21(14-18)28-26(29(24(20)30)19-10-6-3-7-11-19)34-16-23-27-15-22(33-23)17-8-4-2-5-9-17/h2-15H,16H2,1H3. The normalized spacial score (nSPS) is 11.0. The highest BCUT2D eigenvalue weighted by atomic mass is 32.2. The van der Waals surface area contributed by atoms with Crippen LogP contribution in [0.2, 0.25) is 0 Å². The minimum Gasteiger partial charge on any atom is -0.465 e. The summed E-state index contributed by atoms with van der Waals surface area (Å²) in [4.78, 5) is 34.5. The molecule has 0 aliphatic heterocycles. The maximum Gasteiger partial charge on any atom is 0.337 e. The van der Waals surface area contributed by atoms with Gasteiger partial charge in [0.2, 0.25) is 5.89 Å². The zero-order chi connectivity index (χ0) is 23.5. The number of hydrogen-bond acceptors (Lipinski definition) is 7. The molecule has 7 nitrogen and oxygen atoms in total. The Morgan fingerprint density at radius 3 is 2.50 bits per heavy atom. The van der Waals surface area contributed by atoms with Crippen LogP contribution in [-0.2, 0) is 10.5 Å². The van der Waals surface area contributed by atoms with E-state index in [1.165, 1.54) is 18.9 Å². The molecule has 0 amide bonds. The number of carbonyl (C=O) groups is 1. The molecule has 0 fully saturated rings. The van der Waals surface area contributed by atoms with Crippen LogP contribution >= 0.6 is 11.8 Å². The molecule has 5 rings (SSSR count). The molecule has 0 atom stereocenters. The molecule has 0 bridgehead atoms. The second-order valence-electron chi connectivity index (χ2n) is 7.37. The van der Waals surface area contributed by atoms with Crippen LogP contribution in [0.3, 0.4) is 0 Å². The molecule has 0 aliphatic carbocycles. The molecule has 0 aliphatic rings. The number of aromatic nitrogens is 3. The van der Waals surface area contributed by atoms with Gasteiger partial charge in [-0.05, 0) is 30.3 Å². The van der Waals surface area contributed by atoms with Crippen LogP contribution in [0.25, 0.3) is 27.9 Å². The Kier molecular flexibility index (Phi) is 5.97. The van der Waals surface area contributed by atoms with E-state index in [0.29, 0.717) is 44.7 Å². The zero-order valence-electron chi connectivity index (χ0n) is 18.2. The van der Waals surface area contributed by atoms with Gasteiger partial charge >= 0.3 is 5.97 Å². The molecular weight excluding hydrogens is 450 g/mol. The number of benzene rings is 3. The molecule has 34 heavy (non-hydrogen) atoms. The molecule has 2 aromatic heterocycles. The monoisotopic (exact) mass is 469 g/mol. The predicted molar refractivity (Wildman–Crippen MR) is 130 cm³/mol. The van der Waals surface area contributed by atoms with E-state index < -0.39 is 5.97 Å². The lowest BCUT2D eigenvalue weighted by Crippen LogP contribution is -2.22. The van der Waals surface area contributed by atoms with Gasteiger partial charge in [0.15, 0.2) is 10.9 Å². The summed E-state index contributed by atoms with van der Waals surface area (Å²) in [6, 6.07) is 23.8. The maximum absolute atomic E-state index is 13.5. The minimum atomic E-state index is -0.488. The van der Waals surface area contributed by atoms with Gasteiger partial charge in [-0.3, -0.25) is 9.36 Å².